The van der Waals surface area contributed by atoms with Gasteiger partial charge in [-0.1, -0.05) is 13.0 Å². The van der Waals surface area contributed by atoms with Gasteiger partial charge >= 0.3 is 11.9 Å². The minimum Gasteiger partial charge on any atom is -0.432 e. The second kappa shape index (κ2) is 8.33. The van der Waals surface area contributed by atoms with Gasteiger partial charge in [-0.2, -0.15) is 0 Å². The van der Waals surface area contributed by atoms with Crippen LogP contribution in [0, 0.1) is 0 Å². The second-order valence-corrected chi connectivity index (χ2v) is 3.28. The molecule has 0 N–H and O–H groups in total. The van der Waals surface area contributed by atoms with Crippen molar-refractivity contribution in [3.63, 3.8) is 0 Å². The highest BCUT2D eigenvalue weighted by molar-refractivity contribution is 5.82. The lowest BCUT2D eigenvalue weighted by molar-refractivity contribution is -0.137. The van der Waals surface area contributed by atoms with Gasteiger partial charge in [0.15, 0.2) is 0 Å². The molecule has 4 heteroatoms. The molecule has 0 spiro atoms. The summed E-state index contributed by atoms with van der Waals surface area (Å²) in [7, 11) is 0. The lowest BCUT2D eigenvalue weighted by Gasteiger charge is -2.03. The van der Waals surface area contributed by atoms with Crippen LogP contribution in [0.5, 0.6) is 0 Å². The van der Waals surface area contributed by atoms with E-state index in [0.717, 1.165) is 0 Å². The predicted octanol–water partition coefficient (Wildman–Crippen LogP) is 2.87. The molecule has 0 aliphatic carbocycles. The van der Waals surface area contributed by atoms with E-state index >= 15 is 0 Å². The molecule has 94 valence electrons. The predicted molar refractivity (Wildman–Crippen MR) is 64.8 cm³/mol. The van der Waals surface area contributed by atoms with Crippen LogP contribution < -0.4 is 0 Å². The molecular formula is C13H18O4. The smallest absolute Gasteiger partial charge is 0.335 e. The van der Waals surface area contributed by atoms with Crippen LogP contribution in [0.15, 0.2) is 35.8 Å². The Kier molecular flexibility index (Phi) is 7.43. The fourth-order valence-electron chi connectivity index (χ4n) is 0.994. The minimum absolute atomic E-state index is 0.379. The van der Waals surface area contributed by atoms with Crippen LogP contribution in [0.2, 0.25) is 0 Å². The monoisotopic (exact) mass is 238 g/mol. The van der Waals surface area contributed by atoms with E-state index in [1.165, 1.54) is 13.0 Å². The number of hydrogen-bond donors (Lipinski definition) is 0. The first kappa shape index (κ1) is 15.2. The molecule has 0 saturated carbocycles. The molecule has 0 unspecified atom stereocenters. The fourth-order valence-corrected chi connectivity index (χ4v) is 0.994. The third-order valence-corrected chi connectivity index (χ3v) is 1.69. The summed E-state index contributed by atoms with van der Waals surface area (Å²) in [4.78, 5) is 21.8. The highest BCUT2D eigenvalue weighted by Gasteiger charge is 2.01. The molecule has 0 radical (unpaired) electrons. The summed E-state index contributed by atoms with van der Waals surface area (Å²) in [5.41, 5.74) is 0. The second-order valence-electron chi connectivity index (χ2n) is 3.28. The first-order valence-electron chi connectivity index (χ1n) is 5.40. The SMILES string of the molecule is C/C=C/C(=O)O/C(=C/C=C(\C)OC(C)=O)CC. The van der Waals surface area contributed by atoms with E-state index in [4.69, 9.17) is 9.47 Å². The standard InChI is InChI=1S/C13H18O4/c1-5-7-13(15)17-12(6-2)9-8-10(3)16-11(4)14/h5,7-9H,6H2,1-4H3/b7-5+,10-8+,12-9+. The van der Waals surface area contributed by atoms with Crippen molar-refractivity contribution >= 4 is 11.9 Å². The van der Waals surface area contributed by atoms with E-state index in [0.29, 0.717) is 17.9 Å². The van der Waals surface area contributed by atoms with Crippen molar-refractivity contribution in [3.05, 3.63) is 35.8 Å². The molecule has 0 bridgehead atoms. The summed E-state index contributed by atoms with van der Waals surface area (Å²) in [6.45, 7) is 6.58. The number of rotatable bonds is 5. The van der Waals surface area contributed by atoms with E-state index in [9.17, 15) is 9.59 Å². The average molecular weight is 238 g/mol. The van der Waals surface area contributed by atoms with Gasteiger partial charge in [0.2, 0.25) is 0 Å². The Morgan fingerprint density at radius 2 is 1.76 bits per heavy atom. The van der Waals surface area contributed by atoms with E-state index in [1.54, 1.807) is 32.1 Å². The molecule has 0 aromatic carbocycles. The van der Waals surface area contributed by atoms with Gasteiger partial charge in [0.1, 0.15) is 11.5 Å². The van der Waals surface area contributed by atoms with Gasteiger partial charge in [-0.25, -0.2) is 4.79 Å². The van der Waals surface area contributed by atoms with Crippen LogP contribution in [0.3, 0.4) is 0 Å². The maximum Gasteiger partial charge on any atom is 0.335 e. The maximum atomic E-state index is 11.2. The number of ether oxygens (including phenoxy) is 2. The molecule has 0 fully saturated rings. The Morgan fingerprint density at radius 3 is 2.24 bits per heavy atom. The maximum absolute atomic E-state index is 11.2. The van der Waals surface area contributed by atoms with Gasteiger partial charge in [0.05, 0.1) is 0 Å². The van der Waals surface area contributed by atoms with Crippen LogP contribution in [-0.2, 0) is 19.1 Å². The number of allylic oxidation sites excluding steroid dienone is 5. The topological polar surface area (TPSA) is 52.6 Å². The Labute approximate surface area is 102 Å². The lowest BCUT2D eigenvalue weighted by Crippen LogP contribution is -2.00. The van der Waals surface area contributed by atoms with Crippen molar-refractivity contribution in [1.82, 2.24) is 0 Å². The molecular weight excluding hydrogens is 220 g/mol. The van der Waals surface area contributed by atoms with Gasteiger partial charge in [-0.15, -0.1) is 0 Å². The van der Waals surface area contributed by atoms with Crippen LogP contribution in [0.4, 0.5) is 0 Å². The summed E-state index contributed by atoms with van der Waals surface area (Å²) < 4.78 is 9.87. The zero-order valence-electron chi connectivity index (χ0n) is 10.6. The van der Waals surface area contributed by atoms with Crippen molar-refractivity contribution in [1.29, 1.82) is 0 Å². The van der Waals surface area contributed by atoms with Crippen LogP contribution in [0.1, 0.15) is 34.1 Å². The highest BCUT2D eigenvalue weighted by atomic mass is 16.5. The Balaban J connectivity index is 4.54. The van der Waals surface area contributed by atoms with Crippen LogP contribution in [-0.4, -0.2) is 11.9 Å². The Bertz CT molecular complexity index is 362. The van der Waals surface area contributed by atoms with E-state index in [2.05, 4.69) is 0 Å². The Morgan fingerprint density at radius 1 is 1.12 bits per heavy atom. The normalized spacial score (nSPS) is 12.7. The van der Waals surface area contributed by atoms with E-state index < -0.39 is 5.97 Å². The molecule has 0 rings (SSSR count). The molecule has 0 heterocycles. The lowest BCUT2D eigenvalue weighted by atomic mass is 10.3. The average Bonchev–Trinajstić information content (AvgIpc) is 2.23. The van der Waals surface area contributed by atoms with Crippen molar-refractivity contribution < 1.29 is 19.1 Å². The van der Waals surface area contributed by atoms with Gasteiger partial charge in [0, 0.05) is 19.4 Å². The minimum atomic E-state index is -0.417. The summed E-state index contributed by atoms with van der Waals surface area (Å²) in [5.74, 6) is 0.167. The first-order chi connectivity index (χ1) is 7.99. The molecule has 0 aromatic heterocycles. The number of carbonyl (C=O) groups is 2. The van der Waals surface area contributed by atoms with Crippen molar-refractivity contribution in [2.24, 2.45) is 0 Å². The summed E-state index contributed by atoms with van der Waals surface area (Å²) in [5, 5.41) is 0. The molecule has 0 amide bonds. The van der Waals surface area contributed by atoms with Gasteiger partial charge in [-0.3, -0.25) is 4.79 Å². The molecule has 4 nitrogen and oxygen atoms in total. The van der Waals surface area contributed by atoms with Crippen LogP contribution >= 0.6 is 0 Å². The zero-order chi connectivity index (χ0) is 13.3. The number of esters is 2. The van der Waals surface area contributed by atoms with Gasteiger partial charge in [-0.05, 0) is 26.0 Å². The number of hydrogen-bond acceptors (Lipinski definition) is 4. The molecule has 0 saturated heterocycles. The van der Waals surface area contributed by atoms with Crippen molar-refractivity contribution in [3.8, 4) is 0 Å². The van der Waals surface area contributed by atoms with Crippen LogP contribution in [0.25, 0.3) is 0 Å². The Hall–Kier alpha value is -1.84. The van der Waals surface area contributed by atoms with Crippen molar-refractivity contribution in [2.75, 3.05) is 0 Å². The van der Waals surface area contributed by atoms with Crippen molar-refractivity contribution in [2.45, 2.75) is 34.1 Å². The summed E-state index contributed by atoms with van der Waals surface area (Å²) in [6, 6.07) is 0. The zero-order valence-corrected chi connectivity index (χ0v) is 10.6. The first-order valence-corrected chi connectivity index (χ1v) is 5.40. The van der Waals surface area contributed by atoms with E-state index in [1.807, 2.05) is 6.92 Å². The molecule has 0 aliphatic heterocycles. The molecule has 0 atom stereocenters. The van der Waals surface area contributed by atoms with Gasteiger partial charge in [0.25, 0.3) is 0 Å². The molecule has 17 heavy (non-hydrogen) atoms. The van der Waals surface area contributed by atoms with E-state index in [-0.39, 0.29) is 5.97 Å². The molecule has 0 aromatic rings. The summed E-state index contributed by atoms with van der Waals surface area (Å²) >= 11 is 0. The molecule has 0 aliphatic rings. The third-order valence-electron chi connectivity index (χ3n) is 1.69. The number of carbonyl (C=O) groups excluding carboxylic acids is 2. The fraction of sp³-hybridized carbons (Fsp3) is 0.385. The summed E-state index contributed by atoms with van der Waals surface area (Å²) in [6.07, 6.45) is 6.72. The quantitative estimate of drug-likeness (QED) is 0.320. The largest absolute Gasteiger partial charge is 0.432 e. The highest BCUT2D eigenvalue weighted by Crippen LogP contribution is 2.06. The van der Waals surface area contributed by atoms with Gasteiger partial charge < -0.3 is 9.47 Å². The third kappa shape index (κ3) is 8.02.